The zero-order chi connectivity index (χ0) is 6.85. The zero-order valence-corrected chi connectivity index (χ0v) is 5.66. The highest BCUT2D eigenvalue weighted by Gasteiger charge is 2.01. The first-order chi connectivity index (χ1) is 4.20. The number of nitrogens with zero attached hydrogens (tertiary/aromatic N) is 1. The van der Waals surface area contributed by atoms with Gasteiger partial charge in [0.15, 0.2) is 5.78 Å². The normalized spacial score (nSPS) is 9.44. The van der Waals surface area contributed by atoms with E-state index in [2.05, 4.69) is 4.98 Å². The van der Waals surface area contributed by atoms with Gasteiger partial charge >= 0.3 is 0 Å². The van der Waals surface area contributed by atoms with Crippen LogP contribution in [0.3, 0.4) is 0 Å². The Balaban J connectivity index is 2.98. The van der Waals surface area contributed by atoms with Crippen molar-refractivity contribution in [2.24, 2.45) is 0 Å². The lowest BCUT2D eigenvalue weighted by atomic mass is 10.4. The maximum Gasteiger partial charge on any atom is 0.202 e. The molecule has 0 spiro atoms. The number of ketones is 1. The molecule has 1 heterocycles. The summed E-state index contributed by atoms with van der Waals surface area (Å²) in [4.78, 5) is 14.2. The fourth-order valence-corrected chi connectivity index (χ4v) is 1.03. The van der Waals surface area contributed by atoms with Gasteiger partial charge < -0.3 is 0 Å². The van der Waals surface area contributed by atoms with Crippen LogP contribution in [0.1, 0.15) is 17.4 Å². The molecule has 1 aromatic rings. The van der Waals surface area contributed by atoms with Gasteiger partial charge in [-0.2, -0.15) is 0 Å². The number of hydrogen-bond donors (Lipinski definition) is 0. The largest absolute Gasteiger partial charge is 0.293 e. The van der Waals surface area contributed by atoms with Crippen molar-refractivity contribution in [1.29, 1.82) is 0 Å². The summed E-state index contributed by atoms with van der Waals surface area (Å²) in [5.41, 5.74) is 7.36. The van der Waals surface area contributed by atoms with E-state index in [1.807, 2.05) is 0 Å². The molecule has 1 aromatic heterocycles. The number of carbonyl (C=O) groups excluding carboxylic acids is 1. The molecule has 0 aliphatic rings. The molecule has 47 valence electrons. The molecule has 0 saturated heterocycles. The molecule has 0 bridgehead atoms. The Morgan fingerprint density at radius 2 is 2.56 bits per heavy atom. The van der Waals surface area contributed by atoms with Gasteiger partial charge in [0.25, 0.3) is 0 Å². The molecule has 0 aliphatic carbocycles. The summed E-state index contributed by atoms with van der Waals surface area (Å²) < 4.78 is 0. The number of thiazole rings is 1. The van der Waals surface area contributed by atoms with E-state index < -0.39 is 0 Å². The Bertz CT molecular complexity index is 231. The molecule has 4 heteroatoms. The number of nitrogens with one attached hydrogen (secondary N) is 1. The predicted molar refractivity (Wildman–Crippen MR) is 34.9 cm³/mol. The second-order valence-corrected chi connectivity index (χ2v) is 2.45. The maximum atomic E-state index is 10.5. The van der Waals surface area contributed by atoms with Crippen LogP contribution < -0.4 is 5.73 Å². The lowest BCUT2D eigenvalue weighted by molar-refractivity contribution is 0.101. The van der Waals surface area contributed by atoms with Crippen molar-refractivity contribution in [2.75, 3.05) is 0 Å². The maximum absolute atomic E-state index is 10.5. The Labute approximate surface area is 56.5 Å². The SMILES string of the molecule is CC(=O)c1csc([NH])n1. The molecule has 0 amide bonds. The van der Waals surface area contributed by atoms with Crippen LogP contribution in [-0.4, -0.2) is 10.8 Å². The van der Waals surface area contributed by atoms with Crippen LogP contribution in [0.5, 0.6) is 0 Å². The van der Waals surface area contributed by atoms with E-state index >= 15 is 0 Å². The van der Waals surface area contributed by atoms with E-state index in [9.17, 15) is 4.79 Å². The minimum absolute atomic E-state index is 0.0789. The van der Waals surface area contributed by atoms with Gasteiger partial charge in [-0.25, -0.2) is 4.98 Å². The van der Waals surface area contributed by atoms with Gasteiger partial charge in [0.2, 0.25) is 5.13 Å². The van der Waals surface area contributed by atoms with Crippen LogP contribution in [0, 0.1) is 0 Å². The van der Waals surface area contributed by atoms with Crippen LogP contribution in [0.25, 0.3) is 0 Å². The summed E-state index contributed by atoms with van der Waals surface area (Å²) in [6, 6.07) is 0. The van der Waals surface area contributed by atoms with Gasteiger partial charge in [-0.05, 0) is 0 Å². The molecular weight excluding hydrogens is 136 g/mol. The van der Waals surface area contributed by atoms with Gasteiger partial charge in [0, 0.05) is 12.3 Å². The number of hydrogen-bond acceptors (Lipinski definition) is 3. The fraction of sp³-hybridized carbons (Fsp3) is 0.200. The van der Waals surface area contributed by atoms with Crippen molar-refractivity contribution >= 4 is 22.3 Å². The zero-order valence-electron chi connectivity index (χ0n) is 4.84. The highest BCUT2D eigenvalue weighted by molar-refractivity contribution is 7.13. The average Bonchev–Trinajstić information content (AvgIpc) is 2.14. The summed E-state index contributed by atoms with van der Waals surface area (Å²) in [7, 11) is 0. The van der Waals surface area contributed by atoms with Crippen LogP contribution in [0.2, 0.25) is 0 Å². The summed E-state index contributed by atoms with van der Waals surface area (Å²) >= 11 is 1.17. The molecule has 1 rings (SSSR count). The third kappa shape index (κ3) is 1.26. The van der Waals surface area contributed by atoms with Gasteiger partial charge in [0.05, 0.1) is 0 Å². The fourth-order valence-electron chi connectivity index (χ4n) is 0.435. The lowest BCUT2D eigenvalue weighted by Crippen LogP contribution is -1.90. The highest BCUT2D eigenvalue weighted by Crippen LogP contribution is 2.12. The molecular formula is C5H5N2OS. The summed E-state index contributed by atoms with van der Waals surface area (Å²) in [5, 5.41) is 1.78. The van der Waals surface area contributed by atoms with Gasteiger partial charge in [0.1, 0.15) is 5.69 Å². The average molecular weight is 141 g/mol. The predicted octanol–water partition coefficient (Wildman–Crippen LogP) is 1.26. The van der Waals surface area contributed by atoms with E-state index in [4.69, 9.17) is 5.73 Å². The molecule has 0 unspecified atom stereocenters. The van der Waals surface area contributed by atoms with Crippen molar-refractivity contribution in [2.45, 2.75) is 6.92 Å². The lowest BCUT2D eigenvalue weighted by Gasteiger charge is -1.79. The molecule has 0 fully saturated rings. The summed E-state index contributed by atoms with van der Waals surface area (Å²) in [6.07, 6.45) is 0. The molecule has 9 heavy (non-hydrogen) atoms. The topological polar surface area (TPSA) is 53.8 Å². The van der Waals surface area contributed by atoms with Crippen molar-refractivity contribution in [1.82, 2.24) is 10.7 Å². The van der Waals surface area contributed by atoms with Crippen LogP contribution in [0.4, 0.5) is 5.13 Å². The van der Waals surface area contributed by atoms with Crippen molar-refractivity contribution in [3.63, 3.8) is 0 Å². The second kappa shape index (κ2) is 2.14. The molecule has 0 aliphatic heterocycles. The Morgan fingerprint density at radius 3 is 2.78 bits per heavy atom. The second-order valence-electron chi connectivity index (χ2n) is 1.59. The third-order valence-corrected chi connectivity index (χ3v) is 1.52. The standard InChI is InChI=1S/C5H5N2OS/c1-3(8)4-2-9-5(6)7-4/h2,6H,1H3. The van der Waals surface area contributed by atoms with Crippen molar-refractivity contribution in [3.8, 4) is 0 Å². The number of carbonyl (C=O) groups is 1. The van der Waals surface area contributed by atoms with E-state index in [0.29, 0.717) is 5.69 Å². The summed E-state index contributed by atoms with van der Waals surface area (Å²) in [5.74, 6) is -0.0789. The minimum atomic E-state index is -0.0789. The van der Waals surface area contributed by atoms with E-state index in [1.165, 1.54) is 18.3 Å². The van der Waals surface area contributed by atoms with E-state index in [0.717, 1.165) is 0 Å². The van der Waals surface area contributed by atoms with Crippen molar-refractivity contribution < 1.29 is 4.79 Å². The summed E-state index contributed by atoms with van der Waals surface area (Å²) in [6.45, 7) is 1.44. The molecule has 0 atom stereocenters. The van der Waals surface area contributed by atoms with Gasteiger partial charge in [-0.15, -0.1) is 11.3 Å². The molecule has 1 N–H and O–H groups in total. The van der Waals surface area contributed by atoms with Crippen LogP contribution in [-0.2, 0) is 0 Å². The first kappa shape index (κ1) is 6.22. The van der Waals surface area contributed by atoms with Gasteiger partial charge in [-0.3, -0.25) is 10.5 Å². The molecule has 1 radical (unpaired) electrons. The molecule has 0 saturated carbocycles. The number of aromatic nitrogens is 1. The van der Waals surface area contributed by atoms with E-state index in [-0.39, 0.29) is 10.9 Å². The Morgan fingerprint density at radius 1 is 1.89 bits per heavy atom. The number of Topliss-reactive ketones (excluding diaryl/α,β-unsaturated/α-hetero) is 1. The third-order valence-electron chi connectivity index (χ3n) is 0.865. The van der Waals surface area contributed by atoms with E-state index in [1.54, 1.807) is 5.38 Å². The van der Waals surface area contributed by atoms with Crippen LogP contribution >= 0.6 is 11.3 Å². The smallest absolute Gasteiger partial charge is 0.202 e. The molecule has 3 nitrogen and oxygen atoms in total. The highest BCUT2D eigenvalue weighted by atomic mass is 32.1. The van der Waals surface area contributed by atoms with Gasteiger partial charge in [-0.1, -0.05) is 0 Å². The Hall–Kier alpha value is -0.900. The first-order valence-electron chi connectivity index (χ1n) is 2.38. The van der Waals surface area contributed by atoms with Crippen molar-refractivity contribution in [3.05, 3.63) is 11.1 Å². The quantitative estimate of drug-likeness (QED) is 0.553. The number of rotatable bonds is 1. The molecule has 0 aromatic carbocycles. The van der Waals surface area contributed by atoms with Crippen LogP contribution in [0.15, 0.2) is 5.38 Å². The Kier molecular flexibility index (Phi) is 1.48. The first-order valence-corrected chi connectivity index (χ1v) is 3.26. The monoisotopic (exact) mass is 141 g/mol. The minimum Gasteiger partial charge on any atom is -0.293 e.